The molecule has 260 valence electrons. The molecule has 6 heterocycles. The van der Waals surface area contributed by atoms with E-state index in [2.05, 4.69) is 34.0 Å². The smallest absolute Gasteiger partial charge is 0.301 e. The molecule has 16 heteroatoms. The van der Waals surface area contributed by atoms with Gasteiger partial charge in [-0.25, -0.2) is 19.3 Å². The van der Waals surface area contributed by atoms with Crippen molar-refractivity contribution in [3.05, 3.63) is 47.7 Å². The lowest BCUT2D eigenvalue weighted by Crippen LogP contribution is -2.35. The van der Waals surface area contributed by atoms with Crippen LogP contribution in [0.2, 0.25) is 30.7 Å². The number of hydrogen-bond acceptors (Lipinski definition) is 11. The molecule has 49 heavy (non-hydrogen) atoms. The van der Waals surface area contributed by atoms with Gasteiger partial charge in [-0.15, -0.1) is 0 Å². The molecule has 4 aromatic rings. The second kappa shape index (κ2) is 14.1. The van der Waals surface area contributed by atoms with Gasteiger partial charge in [-0.2, -0.15) is 4.98 Å². The minimum atomic E-state index is -1.30. The molecule has 5 atom stereocenters. The highest BCUT2D eigenvalue weighted by molar-refractivity contribution is 7.66. The highest BCUT2D eigenvalue weighted by Crippen LogP contribution is 2.34. The summed E-state index contributed by atoms with van der Waals surface area (Å²) in [6.07, 6.45) is 2.24. The molecular formula is C33H40ClN7O6SSi. The zero-order chi connectivity index (χ0) is 34.3. The molecule has 0 radical (unpaired) electrons. The number of nitrogens with zero attached hydrogens (tertiary/aromatic N) is 7. The molecule has 3 aromatic heterocycles. The number of aliphatic hydroxyl groups excluding tert-OH is 1. The van der Waals surface area contributed by atoms with E-state index >= 15 is 0 Å². The van der Waals surface area contributed by atoms with Gasteiger partial charge in [0.25, 0.3) is 0 Å². The number of fused-ring (bicyclic) bond motifs is 2. The average molecular weight is 726 g/mol. The van der Waals surface area contributed by atoms with E-state index in [9.17, 15) is 9.90 Å². The molecule has 3 aliphatic heterocycles. The van der Waals surface area contributed by atoms with Crippen LogP contribution in [-0.4, -0.2) is 98.7 Å². The van der Waals surface area contributed by atoms with E-state index in [4.69, 9.17) is 40.5 Å². The highest BCUT2D eigenvalue weighted by atomic mass is 35.5. The third kappa shape index (κ3) is 7.43. The molecule has 1 amide bonds. The van der Waals surface area contributed by atoms with Crippen LogP contribution in [0.1, 0.15) is 13.3 Å². The number of thiol groups is 1. The van der Waals surface area contributed by atoms with Gasteiger partial charge in [0.15, 0.2) is 17.6 Å². The third-order valence-electron chi connectivity index (χ3n) is 8.87. The van der Waals surface area contributed by atoms with E-state index in [1.54, 1.807) is 22.8 Å². The number of benzene rings is 1. The monoisotopic (exact) mass is 725 g/mol. The maximum Gasteiger partial charge on any atom is 0.301 e. The number of aliphatic hydroxyl groups is 1. The molecule has 0 spiro atoms. The minimum absolute atomic E-state index is 0.0487. The van der Waals surface area contributed by atoms with Crippen molar-refractivity contribution < 1.29 is 28.8 Å². The number of rotatable bonds is 11. The fraction of sp³-hybridized carbons (Fsp3) is 0.485. The molecule has 13 nitrogen and oxygen atoms in total. The summed E-state index contributed by atoms with van der Waals surface area (Å²) in [4.78, 5) is 30.9. The van der Waals surface area contributed by atoms with E-state index in [1.807, 2.05) is 35.8 Å². The molecule has 0 saturated carbocycles. The maximum absolute atomic E-state index is 12.2. The summed E-state index contributed by atoms with van der Waals surface area (Å²) in [6, 6.07) is 10.8. The van der Waals surface area contributed by atoms with Crippen molar-refractivity contribution >= 4 is 54.2 Å². The van der Waals surface area contributed by atoms with Crippen LogP contribution in [0.3, 0.4) is 0 Å². The van der Waals surface area contributed by atoms with Crippen LogP contribution in [0.15, 0.2) is 47.1 Å². The van der Waals surface area contributed by atoms with E-state index in [-0.39, 0.29) is 37.9 Å². The molecule has 3 saturated heterocycles. The van der Waals surface area contributed by atoms with Crippen molar-refractivity contribution in [1.29, 1.82) is 0 Å². The third-order valence-corrected chi connectivity index (χ3v) is 11.8. The number of halogens is 1. The molecule has 1 aromatic carbocycles. The number of hydrogen-bond donors (Lipinski definition) is 2. The Bertz CT molecular complexity index is 1860. The van der Waals surface area contributed by atoms with Gasteiger partial charge in [-0.1, -0.05) is 62.4 Å². The van der Waals surface area contributed by atoms with Gasteiger partial charge in [-0.3, -0.25) is 13.7 Å². The fourth-order valence-corrected chi connectivity index (χ4v) is 7.74. The number of pyridine rings is 1. The first-order valence-corrected chi connectivity index (χ1v) is 21.3. The molecule has 1 N–H and O–H groups in total. The van der Waals surface area contributed by atoms with Crippen molar-refractivity contribution in [2.75, 3.05) is 26.4 Å². The SMILES string of the molecule is CC1CCN([SH]=Nc2cnc(-c3ccc(-c4nc5c(cc4Cl)nc(O[C@@H]4CO[C@H]6[C@@H]4OC[C@H]6O)n5COCC[Si](C)(C)C)cc3)nc2)C1=O. The van der Waals surface area contributed by atoms with Gasteiger partial charge in [-0.05, 0) is 30.3 Å². The van der Waals surface area contributed by atoms with Gasteiger partial charge < -0.3 is 24.1 Å². The lowest BCUT2D eigenvalue weighted by atomic mass is 10.1. The highest BCUT2D eigenvalue weighted by Gasteiger charge is 2.49. The van der Waals surface area contributed by atoms with Gasteiger partial charge in [0.05, 0.1) is 36.3 Å². The Morgan fingerprint density at radius 2 is 1.82 bits per heavy atom. The first kappa shape index (κ1) is 34.2. The molecule has 1 unspecified atom stereocenters. The maximum atomic E-state index is 12.2. The van der Waals surface area contributed by atoms with Crippen molar-refractivity contribution in [3.8, 4) is 28.7 Å². The predicted octanol–water partition coefficient (Wildman–Crippen LogP) is 4.84. The standard InChI is InChI=1S/C33H40ClN7O6SSi/c1-19-9-10-41(32(19)43)48-39-22-14-35-30(36-15-22)21-7-5-20(6-8-21)27-23(34)13-24-31(38-27)40(18-44-11-12-49(2,3)4)33(37-24)47-26-17-46-28-25(42)16-45-29(26)28/h5-8,13-15,19,25-26,28-29,42,48H,9-12,16-18H2,1-4H3/t19?,25-,26-,28-,29-/m1/s1. The molecular weight excluding hydrogens is 686 g/mol. The summed E-state index contributed by atoms with van der Waals surface area (Å²) >= 11 is 7.38. The summed E-state index contributed by atoms with van der Waals surface area (Å²) in [7, 11) is -1.30. The van der Waals surface area contributed by atoms with Gasteiger partial charge in [0.1, 0.15) is 36.2 Å². The zero-order valence-corrected chi connectivity index (χ0v) is 30.5. The number of aromatic nitrogens is 5. The summed E-state index contributed by atoms with van der Waals surface area (Å²) in [5, 5.41) is 10.6. The van der Waals surface area contributed by atoms with Crippen LogP contribution in [0.4, 0.5) is 5.69 Å². The second-order valence-electron chi connectivity index (χ2n) is 13.8. The summed E-state index contributed by atoms with van der Waals surface area (Å²) in [6.45, 7) is 10.9. The van der Waals surface area contributed by atoms with E-state index in [0.29, 0.717) is 64.3 Å². The van der Waals surface area contributed by atoms with Gasteiger partial charge >= 0.3 is 6.01 Å². The first-order chi connectivity index (χ1) is 23.5. The van der Waals surface area contributed by atoms with Crippen LogP contribution < -0.4 is 4.74 Å². The fourth-order valence-electron chi connectivity index (χ4n) is 5.93. The van der Waals surface area contributed by atoms with Crippen molar-refractivity contribution in [1.82, 2.24) is 28.8 Å². The van der Waals surface area contributed by atoms with Crippen LogP contribution in [0, 0.1) is 5.92 Å². The number of carbonyl (C=O) groups excluding carboxylic acids is 1. The lowest BCUT2D eigenvalue weighted by molar-refractivity contribution is -0.126. The predicted molar refractivity (Wildman–Crippen MR) is 189 cm³/mol. The van der Waals surface area contributed by atoms with Crippen LogP contribution in [0.5, 0.6) is 6.01 Å². The van der Waals surface area contributed by atoms with Crippen molar-refractivity contribution in [2.24, 2.45) is 10.3 Å². The quantitative estimate of drug-likeness (QED) is 0.125. The minimum Gasteiger partial charge on any atom is -0.456 e. The average Bonchev–Trinajstić information content (AvgIpc) is 3.83. The number of carbonyl (C=O) groups is 1. The van der Waals surface area contributed by atoms with E-state index in [1.165, 1.54) is 0 Å². The molecule has 3 aliphatic rings. The normalized spacial score (nSPS) is 24.2. The first-order valence-electron chi connectivity index (χ1n) is 16.4. The summed E-state index contributed by atoms with van der Waals surface area (Å²) < 4.78 is 32.1. The van der Waals surface area contributed by atoms with Crippen molar-refractivity contribution in [3.63, 3.8) is 0 Å². The topological polar surface area (TPSA) is 146 Å². The van der Waals surface area contributed by atoms with Crippen molar-refractivity contribution in [2.45, 2.75) is 70.2 Å². The Morgan fingerprint density at radius 1 is 1.08 bits per heavy atom. The van der Waals surface area contributed by atoms with E-state index < -0.39 is 26.4 Å². The van der Waals surface area contributed by atoms with Crippen LogP contribution >= 0.6 is 11.6 Å². The zero-order valence-electron chi connectivity index (χ0n) is 27.8. The number of amides is 1. The Hall–Kier alpha value is -3.31. The van der Waals surface area contributed by atoms with Gasteiger partial charge in [0, 0.05) is 38.3 Å². The van der Waals surface area contributed by atoms with E-state index in [0.717, 1.165) is 23.6 Å². The largest absolute Gasteiger partial charge is 0.456 e. The second-order valence-corrected chi connectivity index (χ2v) is 20.7. The lowest BCUT2D eigenvalue weighted by Gasteiger charge is -2.19. The summed E-state index contributed by atoms with van der Waals surface area (Å²) in [5.74, 6) is 0.723. The van der Waals surface area contributed by atoms with Crippen LogP contribution in [-0.2, 0) is 37.5 Å². The molecule has 0 bridgehead atoms. The number of ether oxygens (including phenoxy) is 4. The molecule has 7 rings (SSSR count). The molecule has 3 fully saturated rings. The number of imidazole rings is 1. The Labute approximate surface area is 294 Å². The Morgan fingerprint density at radius 3 is 2.53 bits per heavy atom. The molecule has 0 aliphatic carbocycles. The van der Waals surface area contributed by atoms with Crippen LogP contribution in [0.25, 0.3) is 33.8 Å². The summed E-state index contributed by atoms with van der Waals surface area (Å²) in [5.41, 5.74) is 3.96. The Kier molecular flexibility index (Phi) is 9.85. The Balaban J connectivity index is 1.12. The van der Waals surface area contributed by atoms with Gasteiger partial charge in [0.2, 0.25) is 5.91 Å².